The first-order valence-corrected chi connectivity index (χ1v) is 6.58. The van der Waals surface area contributed by atoms with Crippen molar-refractivity contribution in [3.63, 3.8) is 0 Å². The van der Waals surface area contributed by atoms with Gasteiger partial charge in [0.05, 0.1) is 19.3 Å². The number of aldehydes is 1. The van der Waals surface area contributed by atoms with Crippen LogP contribution in [0.25, 0.3) is 5.65 Å². The average Bonchev–Trinajstić information content (AvgIpc) is 2.48. The first-order chi connectivity index (χ1) is 9.31. The summed E-state index contributed by atoms with van der Waals surface area (Å²) in [5, 5.41) is 0. The van der Waals surface area contributed by atoms with Crippen molar-refractivity contribution in [1.82, 2.24) is 4.40 Å². The summed E-state index contributed by atoms with van der Waals surface area (Å²) in [4.78, 5) is 28.9. The summed E-state index contributed by atoms with van der Waals surface area (Å²) in [5.41, 5.74) is 0.661. The zero-order valence-electron chi connectivity index (χ0n) is 10.6. The Balaban J connectivity index is 2.22. The summed E-state index contributed by atoms with van der Waals surface area (Å²) in [5.74, 6) is 0.658. The molecule has 0 radical (unpaired) electrons. The van der Waals surface area contributed by atoms with E-state index in [0.29, 0.717) is 17.8 Å². The van der Waals surface area contributed by atoms with Gasteiger partial charge in [-0.25, -0.2) is 9.78 Å². The minimum Gasteiger partial charge on any atom is -0.297 e. The van der Waals surface area contributed by atoms with Crippen LogP contribution in [0.5, 0.6) is 0 Å². The van der Waals surface area contributed by atoms with E-state index in [1.807, 2.05) is 12.1 Å². The van der Waals surface area contributed by atoms with Gasteiger partial charge in [0.2, 0.25) is 11.5 Å². The Morgan fingerprint density at radius 2 is 1.95 bits per heavy atom. The van der Waals surface area contributed by atoms with Gasteiger partial charge in [-0.15, -0.1) is 0 Å². The summed E-state index contributed by atoms with van der Waals surface area (Å²) >= 11 is 0. The lowest BCUT2D eigenvalue weighted by molar-refractivity contribution is -0.337. The fourth-order valence-corrected chi connectivity index (χ4v) is 2.61. The molecule has 0 unspecified atom stereocenters. The predicted molar refractivity (Wildman–Crippen MR) is 71.7 cm³/mol. The summed E-state index contributed by atoms with van der Waals surface area (Å²) in [6.07, 6.45) is 5.73. The summed E-state index contributed by atoms with van der Waals surface area (Å²) in [7, 11) is 0. The van der Waals surface area contributed by atoms with Crippen LogP contribution in [0, 0.1) is 0 Å². The van der Waals surface area contributed by atoms with Gasteiger partial charge in [0.15, 0.2) is 11.8 Å². The number of hydrogen-bond donors (Lipinski definition) is 0. The first kappa shape index (κ1) is 11.9. The van der Waals surface area contributed by atoms with Crippen molar-refractivity contribution < 1.29 is 9.78 Å². The van der Waals surface area contributed by atoms with Crippen molar-refractivity contribution in [3.8, 4) is 0 Å². The Kier molecular flexibility index (Phi) is 3.03. The van der Waals surface area contributed by atoms with E-state index in [0.717, 1.165) is 25.9 Å². The lowest BCUT2D eigenvalue weighted by Gasteiger charge is -2.23. The zero-order chi connectivity index (χ0) is 13.2. The number of carbonyl (C=O) groups is 1. The number of anilines is 1. The van der Waals surface area contributed by atoms with Crippen LogP contribution in [0.15, 0.2) is 29.2 Å². The molecule has 0 amide bonds. The van der Waals surface area contributed by atoms with E-state index in [4.69, 9.17) is 0 Å². The fraction of sp³-hybridized carbons (Fsp3) is 0.357. The minimum absolute atomic E-state index is 0.214. The van der Waals surface area contributed by atoms with Gasteiger partial charge in [0.25, 0.3) is 0 Å². The normalized spacial score (nSPS) is 15.7. The summed E-state index contributed by atoms with van der Waals surface area (Å²) in [6.45, 7) is 1.78. The van der Waals surface area contributed by atoms with Gasteiger partial charge in [-0.3, -0.25) is 9.69 Å². The smallest absolute Gasteiger partial charge is 0.297 e. The molecule has 3 rings (SSSR count). The van der Waals surface area contributed by atoms with Crippen LogP contribution in [0.2, 0.25) is 0 Å². The Bertz CT molecular complexity index is 672. The third-order valence-electron chi connectivity index (χ3n) is 3.60. The van der Waals surface area contributed by atoms with E-state index in [2.05, 4.69) is 9.88 Å². The van der Waals surface area contributed by atoms with E-state index in [9.17, 15) is 9.59 Å². The molecule has 5 heteroatoms. The molecular weight excluding hydrogens is 242 g/mol. The number of carbonyl (C=O) groups excluding carboxylic acids is 1. The van der Waals surface area contributed by atoms with E-state index in [-0.39, 0.29) is 11.1 Å². The van der Waals surface area contributed by atoms with Crippen LogP contribution in [0.3, 0.4) is 0 Å². The highest BCUT2D eigenvalue weighted by Crippen LogP contribution is 2.16. The third kappa shape index (κ3) is 2.01. The number of H-pyrrole nitrogens is 1. The van der Waals surface area contributed by atoms with E-state index in [1.165, 1.54) is 10.8 Å². The van der Waals surface area contributed by atoms with Crippen molar-refractivity contribution in [2.75, 3.05) is 18.0 Å². The zero-order valence-corrected chi connectivity index (χ0v) is 10.6. The van der Waals surface area contributed by atoms with Crippen LogP contribution in [0.1, 0.15) is 29.6 Å². The molecule has 2 aromatic rings. The van der Waals surface area contributed by atoms with Crippen LogP contribution in [-0.4, -0.2) is 23.8 Å². The van der Waals surface area contributed by atoms with Crippen LogP contribution in [0.4, 0.5) is 5.82 Å². The molecule has 3 heterocycles. The molecular formula is C14H16N3O2+. The molecule has 1 aliphatic rings. The topological polar surface area (TPSA) is 55.9 Å². The van der Waals surface area contributed by atoms with E-state index >= 15 is 0 Å². The average molecular weight is 258 g/mol. The molecule has 0 saturated carbocycles. The molecule has 0 bridgehead atoms. The minimum atomic E-state index is -0.259. The summed E-state index contributed by atoms with van der Waals surface area (Å²) in [6, 6.07) is 5.48. The van der Waals surface area contributed by atoms with Crippen molar-refractivity contribution in [3.05, 3.63) is 40.3 Å². The van der Waals surface area contributed by atoms with Crippen LogP contribution < -0.4 is 15.4 Å². The van der Waals surface area contributed by atoms with Gasteiger partial charge in [0, 0.05) is 6.07 Å². The van der Waals surface area contributed by atoms with Crippen LogP contribution in [-0.2, 0) is 0 Å². The second-order valence-electron chi connectivity index (χ2n) is 4.81. The Morgan fingerprint density at radius 3 is 2.68 bits per heavy atom. The molecule has 1 N–H and O–H groups in total. The molecule has 1 saturated heterocycles. The van der Waals surface area contributed by atoms with E-state index < -0.39 is 0 Å². The molecule has 1 fully saturated rings. The first-order valence-electron chi connectivity index (χ1n) is 6.58. The predicted octanol–water partition coefficient (Wildman–Crippen LogP) is 0.916. The van der Waals surface area contributed by atoms with Crippen LogP contribution >= 0.6 is 0 Å². The van der Waals surface area contributed by atoms with E-state index in [1.54, 1.807) is 12.3 Å². The highest BCUT2D eigenvalue weighted by Gasteiger charge is 2.24. The number of aromatic amines is 1. The third-order valence-corrected chi connectivity index (χ3v) is 3.60. The molecule has 5 nitrogen and oxygen atoms in total. The van der Waals surface area contributed by atoms with Gasteiger partial charge in [-0.05, 0) is 25.3 Å². The second-order valence-corrected chi connectivity index (χ2v) is 4.81. The van der Waals surface area contributed by atoms with Gasteiger partial charge in [0.1, 0.15) is 0 Å². The highest BCUT2D eigenvalue weighted by molar-refractivity contribution is 5.81. The van der Waals surface area contributed by atoms with Gasteiger partial charge in [-0.1, -0.05) is 6.07 Å². The lowest BCUT2D eigenvalue weighted by Crippen LogP contribution is -2.39. The standard InChI is InChI=1S/C14H15N3O2/c18-10-11-13(16-7-3-1-4-8-16)15-12-6-2-5-9-17(12)14(11)19/h2,5-6,9-10H,1,3-4,7-8H2/p+1. The largest absolute Gasteiger partial charge is 0.328 e. The molecule has 0 spiro atoms. The van der Waals surface area contributed by atoms with Crippen molar-refractivity contribution in [2.24, 2.45) is 0 Å². The number of nitrogens with one attached hydrogen (secondary N) is 1. The number of aromatic nitrogens is 2. The molecule has 0 atom stereocenters. The second kappa shape index (κ2) is 4.84. The SMILES string of the molecule is O=Cc1c(N2CCCCC2)[nH+]c2ccccn2c1=O. The molecule has 98 valence electrons. The van der Waals surface area contributed by atoms with Gasteiger partial charge in [-0.2, -0.15) is 4.40 Å². The quantitative estimate of drug-likeness (QED) is 0.753. The number of piperidine rings is 1. The number of pyridine rings is 1. The van der Waals surface area contributed by atoms with Crippen molar-refractivity contribution in [2.45, 2.75) is 19.3 Å². The maximum atomic E-state index is 12.3. The molecule has 1 aliphatic heterocycles. The van der Waals surface area contributed by atoms with Gasteiger partial charge >= 0.3 is 5.56 Å². The monoisotopic (exact) mass is 258 g/mol. The number of rotatable bonds is 2. The fourth-order valence-electron chi connectivity index (χ4n) is 2.61. The Labute approximate surface area is 110 Å². The number of nitrogens with zero attached hydrogens (tertiary/aromatic N) is 2. The van der Waals surface area contributed by atoms with Gasteiger partial charge < -0.3 is 0 Å². The molecule has 0 aliphatic carbocycles. The molecule has 0 aromatic carbocycles. The van der Waals surface area contributed by atoms with Crippen molar-refractivity contribution >= 4 is 17.8 Å². The summed E-state index contributed by atoms with van der Waals surface area (Å²) < 4.78 is 1.47. The number of hydrogen-bond acceptors (Lipinski definition) is 3. The maximum Gasteiger partial charge on any atom is 0.328 e. The molecule has 19 heavy (non-hydrogen) atoms. The number of fused-ring (bicyclic) bond motifs is 1. The maximum absolute atomic E-state index is 12.3. The molecule has 2 aromatic heterocycles. The highest BCUT2D eigenvalue weighted by atomic mass is 16.1. The van der Waals surface area contributed by atoms with Crippen molar-refractivity contribution in [1.29, 1.82) is 0 Å². The lowest BCUT2D eigenvalue weighted by atomic mass is 10.1. The Morgan fingerprint density at radius 1 is 1.16 bits per heavy atom. The Hall–Kier alpha value is -2.17.